The van der Waals surface area contributed by atoms with Crippen molar-refractivity contribution in [1.82, 2.24) is 4.90 Å². The summed E-state index contributed by atoms with van der Waals surface area (Å²) in [5.41, 5.74) is 3.04. The number of carbonyl (C=O) groups is 2. The van der Waals surface area contributed by atoms with E-state index in [-0.39, 0.29) is 24.0 Å². The minimum Gasteiger partial charge on any atom is -0.507 e. The number of ether oxygens (including phenoxy) is 3. The zero-order chi connectivity index (χ0) is 26.1. The normalized spacial score (nSPS) is 20.0. The van der Waals surface area contributed by atoms with Crippen LogP contribution in [-0.4, -0.2) is 41.5 Å². The first-order valence-electron chi connectivity index (χ1n) is 12.3. The molecule has 2 aliphatic rings. The van der Waals surface area contributed by atoms with Crippen molar-refractivity contribution in [1.29, 1.82) is 0 Å². The van der Waals surface area contributed by atoms with Gasteiger partial charge in [-0.25, -0.2) is 0 Å². The maximum atomic E-state index is 13.4. The summed E-state index contributed by atoms with van der Waals surface area (Å²) in [6, 6.07) is 19.2. The topological polar surface area (TPSA) is 85.3 Å². The van der Waals surface area contributed by atoms with Crippen LogP contribution in [0.1, 0.15) is 42.1 Å². The minimum atomic E-state index is -0.763. The van der Waals surface area contributed by atoms with Gasteiger partial charge in [0.1, 0.15) is 29.1 Å². The van der Waals surface area contributed by atoms with E-state index in [9.17, 15) is 14.7 Å². The molecule has 0 spiro atoms. The van der Waals surface area contributed by atoms with Crippen LogP contribution < -0.4 is 14.2 Å². The summed E-state index contributed by atoms with van der Waals surface area (Å²) in [4.78, 5) is 28.2. The van der Waals surface area contributed by atoms with Gasteiger partial charge >= 0.3 is 0 Å². The van der Waals surface area contributed by atoms with Gasteiger partial charge in [0.05, 0.1) is 25.3 Å². The number of hydrogen-bond donors (Lipinski definition) is 1. The van der Waals surface area contributed by atoms with Crippen molar-refractivity contribution in [3.63, 3.8) is 0 Å². The smallest absolute Gasteiger partial charge is 0.295 e. The Labute approximate surface area is 215 Å². The number of hydrogen-bond acceptors (Lipinski definition) is 6. The lowest BCUT2D eigenvalue weighted by Crippen LogP contribution is -2.29. The van der Waals surface area contributed by atoms with Crippen LogP contribution in [0.15, 0.2) is 72.3 Å². The van der Waals surface area contributed by atoms with Gasteiger partial charge in [-0.1, -0.05) is 24.3 Å². The number of fused-ring (bicyclic) bond motifs is 1. The predicted molar refractivity (Wildman–Crippen MR) is 139 cm³/mol. The number of benzene rings is 3. The van der Waals surface area contributed by atoms with E-state index < -0.39 is 17.7 Å². The van der Waals surface area contributed by atoms with E-state index in [0.717, 1.165) is 22.6 Å². The average molecular weight is 500 g/mol. The highest BCUT2D eigenvalue weighted by Gasteiger charge is 2.46. The lowest BCUT2D eigenvalue weighted by molar-refractivity contribution is -0.140. The van der Waals surface area contributed by atoms with Crippen LogP contribution in [0.2, 0.25) is 0 Å². The Morgan fingerprint density at radius 3 is 2.41 bits per heavy atom. The number of amides is 1. The van der Waals surface area contributed by atoms with E-state index in [4.69, 9.17) is 14.2 Å². The fourth-order valence-corrected chi connectivity index (χ4v) is 4.96. The first kappa shape index (κ1) is 24.4. The van der Waals surface area contributed by atoms with Crippen molar-refractivity contribution in [2.45, 2.75) is 39.0 Å². The highest BCUT2D eigenvalue weighted by atomic mass is 16.5. The molecule has 0 aliphatic carbocycles. The van der Waals surface area contributed by atoms with Crippen LogP contribution in [0.3, 0.4) is 0 Å². The molecule has 7 nitrogen and oxygen atoms in total. The summed E-state index contributed by atoms with van der Waals surface area (Å²) in [5.74, 6) is 0.584. The Morgan fingerprint density at radius 1 is 1.03 bits per heavy atom. The molecule has 0 bridgehead atoms. The molecule has 0 saturated carbocycles. The van der Waals surface area contributed by atoms with Gasteiger partial charge in [-0.15, -0.1) is 0 Å². The highest BCUT2D eigenvalue weighted by Crippen LogP contribution is 2.41. The van der Waals surface area contributed by atoms with E-state index in [1.807, 2.05) is 56.3 Å². The van der Waals surface area contributed by atoms with E-state index in [2.05, 4.69) is 0 Å². The van der Waals surface area contributed by atoms with E-state index in [1.165, 1.54) is 4.90 Å². The van der Waals surface area contributed by atoms with Crippen LogP contribution in [0.25, 0.3) is 5.76 Å². The molecule has 5 rings (SSSR count). The van der Waals surface area contributed by atoms with Crippen LogP contribution in [0.5, 0.6) is 17.2 Å². The molecular weight excluding hydrogens is 470 g/mol. The molecule has 3 aromatic rings. The number of likely N-dealkylation sites (tertiary alicyclic amines) is 1. The van der Waals surface area contributed by atoms with Gasteiger partial charge in [0.2, 0.25) is 0 Å². The number of aliphatic hydroxyl groups is 1. The minimum absolute atomic E-state index is 0.0476. The van der Waals surface area contributed by atoms with E-state index >= 15 is 0 Å². The molecule has 2 aliphatic heterocycles. The molecule has 2 unspecified atom stereocenters. The predicted octanol–water partition coefficient (Wildman–Crippen LogP) is 5.04. The molecule has 3 aromatic carbocycles. The third-order valence-electron chi connectivity index (χ3n) is 6.73. The number of ketones is 1. The standard InChI is InChI=1S/C30H29NO6/c1-4-36-24-10-5-19(6-11-24)17-31-27(20-7-12-23(35-3)13-8-20)26(29(33)30(31)34)28(32)21-9-14-25-22(16-21)15-18(2)37-25/h5-14,16,18,27,32H,4,15,17H2,1-3H3/b28-26-. The van der Waals surface area contributed by atoms with Crippen LogP contribution in [0, 0.1) is 0 Å². The summed E-state index contributed by atoms with van der Waals surface area (Å²) in [5, 5.41) is 11.4. The van der Waals surface area contributed by atoms with Crippen LogP contribution in [-0.2, 0) is 22.6 Å². The van der Waals surface area contributed by atoms with Crippen molar-refractivity contribution in [2.75, 3.05) is 13.7 Å². The molecule has 190 valence electrons. The van der Waals surface area contributed by atoms with Crippen LogP contribution in [0.4, 0.5) is 0 Å². The van der Waals surface area contributed by atoms with Crippen molar-refractivity contribution in [3.8, 4) is 17.2 Å². The molecule has 2 heterocycles. The van der Waals surface area contributed by atoms with Gasteiger partial charge in [-0.2, -0.15) is 0 Å². The van der Waals surface area contributed by atoms with Gasteiger partial charge in [-0.3, -0.25) is 9.59 Å². The van der Waals surface area contributed by atoms with Gasteiger partial charge in [-0.05, 0) is 73.0 Å². The molecule has 1 N–H and O–H groups in total. The molecular formula is C30H29NO6. The third-order valence-corrected chi connectivity index (χ3v) is 6.73. The van der Waals surface area contributed by atoms with Crippen molar-refractivity contribution in [2.24, 2.45) is 0 Å². The second-order valence-corrected chi connectivity index (χ2v) is 9.23. The van der Waals surface area contributed by atoms with Gasteiger partial charge in [0, 0.05) is 18.5 Å². The molecule has 0 aromatic heterocycles. The number of methoxy groups -OCH3 is 1. The lowest BCUT2D eigenvalue weighted by Gasteiger charge is -2.25. The summed E-state index contributed by atoms with van der Waals surface area (Å²) >= 11 is 0. The second kappa shape index (κ2) is 10.0. The van der Waals surface area contributed by atoms with Crippen LogP contribution >= 0.6 is 0 Å². The summed E-state index contributed by atoms with van der Waals surface area (Å²) in [7, 11) is 1.57. The molecule has 7 heteroatoms. The summed E-state index contributed by atoms with van der Waals surface area (Å²) < 4.78 is 16.6. The highest BCUT2D eigenvalue weighted by molar-refractivity contribution is 6.46. The second-order valence-electron chi connectivity index (χ2n) is 9.23. The van der Waals surface area contributed by atoms with Crippen molar-refractivity contribution >= 4 is 17.4 Å². The van der Waals surface area contributed by atoms with E-state index in [1.54, 1.807) is 31.4 Å². The molecule has 37 heavy (non-hydrogen) atoms. The molecule has 2 atom stereocenters. The maximum Gasteiger partial charge on any atom is 0.295 e. The molecule has 1 amide bonds. The number of aliphatic hydroxyl groups excluding tert-OH is 1. The monoisotopic (exact) mass is 499 g/mol. The average Bonchev–Trinajstić information content (AvgIpc) is 3.40. The molecule has 1 saturated heterocycles. The maximum absolute atomic E-state index is 13.4. The first-order chi connectivity index (χ1) is 17.9. The Morgan fingerprint density at radius 2 is 1.73 bits per heavy atom. The Balaban J connectivity index is 1.57. The van der Waals surface area contributed by atoms with Gasteiger partial charge in [0.25, 0.3) is 11.7 Å². The zero-order valence-electron chi connectivity index (χ0n) is 21.1. The van der Waals surface area contributed by atoms with Gasteiger partial charge in [0.15, 0.2) is 0 Å². The SMILES string of the molecule is CCOc1ccc(CN2C(=O)C(=O)/C(=C(\O)c3ccc4c(c3)CC(C)O4)C2c2ccc(OC)cc2)cc1. The number of nitrogens with zero attached hydrogens (tertiary/aromatic N) is 1. The van der Waals surface area contributed by atoms with Crippen molar-refractivity contribution < 1.29 is 28.9 Å². The Bertz CT molecular complexity index is 1360. The summed E-state index contributed by atoms with van der Waals surface area (Å²) in [6.45, 7) is 4.64. The Hall–Kier alpha value is -4.26. The molecule has 0 radical (unpaired) electrons. The van der Waals surface area contributed by atoms with Crippen molar-refractivity contribution in [3.05, 3.63) is 94.6 Å². The number of rotatable bonds is 7. The fourth-order valence-electron chi connectivity index (χ4n) is 4.96. The fraction of sp³-hybridized carbons (Fsp3) is 0.267. The number of Topliss-reactive ketones (excluding diaryl/α,β-unsaturated/α-hetero) is 1. The lowest BCUT2D eigenvalue weighted by atomic mass is 9.94. The zero-order valence-corrected chi connectivity index (χ0v) is 21.1. The third kappa shape index (κ3) is 4.65. The molecule has 1 fully saturated rings. The quantitative estimate of drug-likeness (QED) is 0.279. The first-order valence-corrected chi connectivity index (χ1v) is 12.3. The van der Waals surface area contributed by atoms with E-state index in [0.29, 0.717) is 29.9 Å². The largest absolute Gasteiger partial charge is 0.507 e. The summed E-state index contributed by atoms with van der Waals surface area (Å²) in [6.07, 6.45) is 0.760. The van der Waals surface area contributed by atoms with Gasteiger partial charge < -0.3 is 24.2 Å². The number of carbonyl (C=O) groups excluding carboxylic acids is 2. The Kier molecular flexibility index (Phi) is 6.61.